The summed E-state index contributed by atoms with van der Waals surface area (Å²) in [5, 5.41) is 18.1. The fraction of sp³-hybridized carbons (Fsp3) is 0.217. The summed E-state index contributed by atoms with van der Waals surface area (Å²) >= 11 is 0. The van der Waals surface area contributed by atoms with Gasteiger partial charge in [0.1, 0.15) is 11.6 Å². The highest BCUT2D eigenvalue weighted by molar-refractivity contribution is 5.96. The molecule has 27 heavy (non-hydrogen) atoms. The number of carbonyl (C=O) groups is 1. The summed E-state index contributed by atoms with van der Waals surface area (Å²) in [6, 6.07) is 16.6. The van der Waals surface area contributed by atoms with Crippen LogP contribution in [0.15, 0.2) is 54.6 Å². The summed E-state index contributed by atoms with van der Waals surface area (Å²) < 4.78 is 0. The van der Waals surface area contributed by atoms with Crippen LogP contribution < -0.4 is 4.90 Å². The van der Waals surface area contributed by atoms with Crippen LogP contribution in [0.25, 0.3) is 12.2 Å². The number of nitrogens with zero attached hydrogens (tertiary/aromatic N) is 2. The van der Waals surface area contributed by atoms with Crippen LogP contribution in [-0.2, 0) is 4.79 Å². The third-order valence-corrected chi connectivity index (χ3v) is 5.59. The van der Waals surface area contributed by atoms with E-state index in [9.17, 15) is 4.79 Å². The lowest BCUT2D eigenvalue weighted by Crippen LogP contribution is -2.26. The molecule has 2 atom stereocenters. The number of hydrogen-bond acceptors (Lipinski definition) is 3. The lowest BCUT2D eigenvalue weighted by molar-refractivity contribution is -0.132. The van der Waals surface area contributed by atoms with Gasteiger partial charge in [-0.25, -0.2) is 4.79 Å². The van der Waals surface area contributed by atoms with Gasteiger partial charge in [0.2, 0.25) is 0 Å². The van der Waals surface area contributed by atoms with Crippen LogP contribution in [0.3, 0.4) is 0 Å². The van der Waals surface area contributed by atoms with Gasteiger partial charge in [-0.05, 0) is 59.9 Å². The Labute approximate surface area is 158 Å². The summed E-state index contributed by atoms with van der Waals surface area (Å²) in [4.78, 5) is 13.5. The van der Waals surface area contributed by atoms with Crippen molar-refractivity contribution in [2.24, 2.45) is 0 Å². The fourth-order valence-electron chi connectivity index (χ4n) is 4.38. The molecule has 1 aliphatic heterocycles. The summed E-state index contributed by atoms with van der Waals surface area (Å²) in [5.74, 6) is -0.747. The zero-order valence-electron chi connectivity index (χ0n) is 14.9. The van der Waals surface area contributed by atoms with Crippen LogP contribution >= 0.6 is 0 Å². The molecule has 0 radical (unpaired) electrons. The standard InChI is InChI=1S/C23H20N2O2/c1-2-15-6-9-18(10-7-15)25-21-5-3-4-19(21)20-13-16(8-11-22(20)25)12-17(14-24)23(26)27/h2,6-13,19,21H,1,3-5H2,(H,26,27)/b17-12+. The van der Waals surface area contributed by atoms with Crippen molar-refractivity contribution in [1.29, 1.82) is 5.26 Å². The molecule has 1 fully saturated rings. The Hall–Kier alpha value is -3.32. The van der Waals surface area contributed by atoms with Gasteiger partial charge in [-0.3, -0.25) is 0 Å². The fourth-order valence-corrected chi connectivity index (χ4v) is 4.38. The van der Waals surface area contributed by atoms with E-state index in [1.807, 2.05) is 12.1 Å². The lowest BCUT2D eigenvalue weighted by atomic mass is 9.95. The molecule has 0 bridgehead atoms. The van der Waals surface area contributed by atoms with Gasteiger partial charge in [-0.1, -0.05) is 37.3 Å². The monoisotopic (exact) mass is 356 g/mol. The van der Waals surface area contributed by atoms with Crippen molar-refractivity contribution in [2.75, 3.05) is 4.90 Å². The van der Waals surface area contributed by atoms with Crippen molar-refractivity contribution < 1.29 is 9.90 Å². The maximum absolute atomic E-state index is 11.1. The first kappa shape index (κ1) is 17.1. The zero-order chi connectivity index (χ0) is 19.0. The van der Waals surface area contributed by atoms with E-state index >= 15 is 0 Å². The minimum Gasteiger partial charge on any atom is -0.477 e. The molecule has 1 N–H and O–H groups in total. The minimum atomic E-state index is -1.19. The number of rotatable bonds is 4. The Bertz CT molecular complexity index is 982. The number of anilines is 2. The number of carboxylic acid groups (broad SMARTS) is 1. The molecule has 134 valence electrons. The van der Waals surface area contributed by atoms with Crippen LogP contribution in [0.4, 0.5) is 11.4 Å². The number of hydrogen-bond donors (Lipinski definition) is 1. The molecule has 2 aromatic rings. The Balaban J connectivity index is 1.77. The molecule has 1 saturated carbocycles. The van der Waals surface area contributed by atoms with Crippen molar-refractivity contribution in [3.8, 4) is 6.07 Å². The number of nitriles is 1. The highest BCUT2D eigenvalue weighted by Crippen LogP contribution is 2.52. The first-order valence-electron chi connectivity index (χ1n) is 9.13. The minimum absolute atomic E-state index is 0.243. The van der Waals surface area contributed by atoms with E-state index in [0.29, 0.717) is 12.0 Å². The molecule has 4 rings (SSSR count). The molecule has 0 aromatic heterocycles. The molecular weight excluding hydrogens is 336 g/mol. The Kier molecular flexibility index (Phi) is 4.29. The average molecular weight is 356 g/mol. The number of benzene rings is 2. The topological polar surface area (TPSA) is 64.3 Å². The van der Waals surface area contributed by atoms with Crippen LogP contribution in [0.5, 0.6) is 0 Å². The number of aliphatic carboxylic acids is 1. The molecule has 2 aromatic carbocycles. The second-order valence-electron chi connectivity index (χ2n) is 7.06. The third kappa shape index (κ3) is 2.92. The van der Waals surface area contributed by atoms with Gasteiger partial charge in [0, 0.05) is 23.3 Å². The molecule has 4 heteroatoms. The van der Waals surface area contributed by atoms with Gasteiger partial charge in [0.25, 0.3) is 0 Å². The first-order valence-corrected chi connectivity index (χ1v) is 9.13. The predicted molar refractivity (Wildman–Crippen MR) is 107 cm³/mol. The maximum Gasteiger partial charge on any atom is 0.346 e. The molecule has 0 amide bonds. The second-order valence-corrected chi connectivity index (χ2v) is 7.06. The van der Waals surface area contributed by atoms with Crippen molar-refractivity contribution in [3.63, 3.8) is 0 Å². The third-order valence-electron chi connectivity index (χ3n) is 5.59. The molecule has 1 heterocycles. The van der Waals surface area contributed by atoms with E-state index in [2.05, 4.69) is 47.9 Å². The van der Waals surface area contributed by atoms with E-state index in [0.717, 1.165) is 24.0 Å². The summed E-state index contributed by atoms with van der Waals surface area (Å²) in [7, 11) is 0. The van der Waals surface area contributed by atoms with Gasteiger partial charge in [-0.2, -0.15) is 5.26 Å². The molecule has 0 spiro atoms. The SMILES string of the molecule is C=Cc1ccc(N2c3ccc(/C=C(\C#N)C(=O)O)cc3C3CCCC32)cc1. The van der Waals surface area contributed by atoms with Gasteiger partial charge < -0.3 is 10.0 Å². The predicted octanol–water partition coefficient (Wildman–Crippen LogP) is 5.11. The quantitative estimate of drug-likeness (QED) is 0.611. The maximum atomic E-state index is 11.1. The van der Waals surface area contributed by atoms with Gasteiger partial charge >= 0.3 is 5.97 Å². The molecule has 0 saturated heterocycles. The van der Waals surface area contributed by atoms with E-state index in [-0.39, 0.29) is 5.57 Å². The highest BCUT2D eigenvalue weighted by atomic mass is 16.4. The van der Waals surface area contributed by atoms with Gasteiger partial charge in [-0.15, -0.1) is 0 Å². The Morgan fingerprint density at radius 2 is 1.93 bits per heavy atom. The van der Waals surface area contributed by atoms with Crippen LogP contribution in [0.2, 0.25) is 0 Å². The zero-order valence-corrected chi connectivity index (χ0v) is 14.9. The molecule has 1 aliphatic carbocycles. The Morgan fingerprint density at radius 1 is 1.19 bits per heavy atom. The summed E-state index contributed by atoms with van der Waals surface area (Å²) in [6.45, 7) is 3.82. The summed E-state index contributed by atoms with van der Waals surface area (Å²) in [5.41, 5.74) is 5.22. The smallest absolute Gasteiger partial charge is 0.346 e. The highest BCUT2D eigenvalue weighted by Gasteiger charge is 2.42. The van der Waals surface area contributed by atoms with Crippen LogP contribution in [0.1, 0.15) is 41.9 Å². The van der Waals surface area contributed by atoms with Crippen molar-refractivity contribution in [3.05, 3.63) is 71.3 Å². The number of fused-ring (bicyclic) bond motifs is 3. The van der Waals surface area contributed by atoms with Crippen molar-refractivity contribution >= 4 is 29.5 Å². The normalized spacial score (nSPS) is 20.7. The largest absolute Gasteiger partial charge is 0.477 e. The van der Waals surface area contributed by atoms with E-state index < -0.39 is 5.97 Å². The molecular formula is C23H20N2O2. The van der Waals surface area contributed by atoms with Crippen LogP contribution in [-0.4, -0.2) is 17.1 Å². The summed E-state index contributed by atoms with van der Waals surface area (Å²) in [6.07, 6.45) is 6.76. The van der Waals surface area contributed by atoms with Crippen molar-refractivity contribution in [1.82, 2.24) is 0 Å². The van der Waals surface area contributed by atoms with Gasteiger partial charge in [0.05, 0.1) is 0 Å². The van der Waals surface area contributed by atoms with E-state index in [4.69, 9.17) is 10.4 Å². The van der Waals surface area contributed by atoms with Crippen LogP contribution in [0, 0.1) is 11.3 Å². The second kappa shape index (κ2) is 6.77. The lowest BCUT2D eigenvalue weighted by Gasteiger charge is -2.27. The first-order chi connectivity index (χ1) is 13.1. The number of carboxylic acids is 1. The van der Waals surface area contributed by atoms with Gasteiger partial charge in [0.15, 0.2) is 0 Å². The van der Waals surface area contributed by atoms with E-state index in [1.54, 1.807) is 6.07 Å². The molecule has 2 aliphatic rings. The Morgan fingerprint density at radius 3 is 2.59 bits per heavy atom. The molecule has 2 unspecified atom stereocenters. The van der Waals surface area contributed by atoms with E-state index in [1.165, 1.54) is 29.4 Å². The molecule has 4 nitrogen and oxygen atoms in total. The average Bonchev–Trinajstić information content (AvgIpc) is 3.26. The van der Waals surface area contributed by atoms with Crippen molar-refractivity contribution in [2.45, 2.75) is 31.2 Å².